The Bertz CT molecular complexity index is 443. The second-order valence-electron chi connectivity index (χ2n) is 5.02. The van der Waals surface area contributed by atoms with Crippen LogP contribution in [-0.4, -0.2) is 22.1 Å². The van der Waals surface area contributed by atoms with E-state index in [2.05, 4.69) is 10.3 Å². The van der Waals surface area contributed by atoms with Gasteiger partial charge in [-0.3, -0.25) is 0 Å². The summed E-state index contributed by atoms with van der Waals surface area (Å²) in [5, 5.41) is 12.7. The zero-order valence-electron chi connectivity index (χ0n) is 10.9. The Balaban J connectivity index is 2.11. The second kappa shape index (κ2) is 6.75. The molecular formula is C14H19ClN2O2. The fraction of sp³-hybridized carbons (Fsp3) is 0.571. The first kappa shape index (κ1) is 14.1. The van der Waals surface area contributed by atoms with Crippen molar-refractivity contribution in [3.05, 3.63) is 22.8 Å². The molecule has 2 rings (SSSR count). The average Bonchev–Trinajstić information content (AvgIpc) is 2.32. The number of carbonyl (C=O) groups is 1. The van der Waals surface area contributed by atoms with E-state index in [4.69, 9.17) is 16.7 Å². The average molecular weight is 283 g/mol. The molecule has 0 saturated heterocycles. The molecule has 1 aliphatic rings. The first-order valence-electron chi connectivity index (χ1n) is 6.83. The number of carboxylic acid groups (broad SMARTS) is 1. The van der Waals surface area contributed by atoms with Crippen LogP contribution in [0.5, 0.6) is 0 Å². The summed E-state index contributed by atoms with van der Waals surface area (Å²) < 4.78 is 0. The zero-order chi connectivity index (χ0) is 13.7. The highest BCUT2D eigenvalue weighted by Crippen LogP contribution is 2.23. The van der Waals surface area contributed by atoms with Crippen LogP contribution in [-0.2, 0) is 0 Å². The van der Waals surface area contributed by atoms with Gasteiger partial charge in [0.25, 0.3) is 0 Å². The van der Waals surface area contributed by atoms with Gasteiger partial charge in [-0.25, -0.2) is 9.78 Å². The summed E-state index contributed by atoms with van der Waals surface area (Å²) in [6, 6.07) is 3.31. The number of aromatic nitrogens is 1. The Hall–Kier alpha value is -1.29. The van der Waals surface area contributed by atoms with Gasteiger partial charge in [0.05, 0.1) is 0 Å². The lowest BCUT2D eigenvalue weighted by Gasteiger charge is -2.22. The lowest BCUT2D eigenvalue weighted by Crippen LogP contribution is -2.22. The first-order valence-corrected chi connectivity index (χ1v) is 7.21. The van der Waals surface area contributed by atoms with Gasteiger partial charge < -0.3 is 10.4 Å². The lowest BCUT2D eigenvalue weighted by atomic mass is 9.96. The predicted octanol–water partition coefficient (Wildman–Crippen LogP) is 3.96. The fourth-order valence-corrected chi connectivity index (χ4v) is 2.66. The van der Waals surface area contributed by atoms with Crippen LogP contribution in [0, 0.1) is 0 Å². The number of nitrogens with one attached hydrogen (secondary N) is 1. The number of hydrogen-bond acceptors (Lipinski definition) is 3. The molecular weight excluding hydrogens is 264 g/mol. The van der Waals surface area contributed by atoms with Crippen LogP contribution >= 0.6 is 11.6 Å². The quantitative estimate of drug-likeness (QED) is 0.824. The van der Waals surface area contributed by atoms with Gasteiger partial charge in [0, 0.05) is 6.04 Å². The molecule has 1 fully saturated rings. The third-order valence-electron chi connectivity index (χ3n) is 3.54. The number of rotatable bonds is 3. The highest BCUT2D eigenvalue weighted by molar-refractivity contribution is 6.29. The van der Waals surface area contributed by atoms with Crippen molar-refractivity contribution in [2.75, 3.05) is 5.32 Å². The maximum Gasteiger partial charge on any atom is 0.339 e. The molecule has 0 unspecified atom stereocenters. The van der Waals surface area contributed by atoms with E-state index in [1.165, 1.54) is 44.2 Å². The number of nitrogens with zero attached hydrogens (tertiary/aromatic N) is 1. The summed E-state index contributed by atoms with van der Waals surface area (Å²) >= 11 is 5.85. The Labute approximate surface area is 118 Å². The van der Waals surface area contributed by atoms with E-state index in [1.807, 2.05) is 0 Å². The number of halogens is 1. The van der Waals surface area contributed by atoms with Crippen LogP contribution in [0.15, 0.2) is 12.1 Å². The fourth-order valence-electron chi connectivity index (χ4n) is 2.51. The van der Waals surface area contributed by atoms with Gasteiger partial charge in [-0.1, -0.05) is 43.7 Å². The minimum absolute atomic E-state index is 0.187. The van der Waals surface area contributed by atoms with E-state index in [0.717, 1.165) is 12.8 Å². The van der Waals surface area contributed by atoms with Crippen LogP contribution in [0.25, 0.3) is 0 Å². The number of pyridine rings is 1. The van der Waals surface area contributed by atoms with E-state index < -0.39 is 5.97 Å². The Morgan fingerprint density at radius 2 is 1.84 bits per heavy atom. The molecule has 0 bridgehead atoms. The number of carboxylic acids is 1. The molecule has 0 aliphatic heterocycles. The third-order valence-corrected chi connectivity index (χ3v) is 3.75. The van der Waals surface area contributed by atoms with E-state index in [0.29, 0.717) is 17.0 Å². The molecule has 0 amide bonds. The molecule has 2 N–H and O–H groups in total. The smallest absolute Gasteiger partial charge is 0.339 e. The van der Waals surface area contributed by atoms with Gasteiger partial charge in [-0.05, 0) is 25.0 Å². The van der Waals surface area contributed by atoms with Gasteiger partial charge >= 0.3 is 5.97 Å². The van der Waals surface area contributed by atoms with Gasteiger partial charge in [0.1, 0.15) is 16.5 Å². The SMILES string of the molecule is O=C(O)c1ccc(Cl)nc1NC1CCCCCCC1. The Morgan fingerprint density at radius 1 is 1.21 bits per heavy atom. The predicted molar refractivity (Wildman–Crippen MR) is 75.9 cm³/mol. The molecule has 104 valence electrons. The van der Waals surface area contributed by atoms with Crippen LogP contribution in [0.4, 0.5) is 5.82 Å². The van der Waals surface area contributed by atoms with Crippen molar-refractivity contribution in [2.45, 2.75) is 51.0 Å². The molecule has 4 nitrogen and oxygen atoms in total. The Kier molecular flexibility index (Phi) is 5.02. The number of hydrogen-bond donors (Lipinski definition) is 2. The molecule has 1 aliphatic carbocycles. The molecule has 0 spiro atoms. The third kappa shape index (κ3) is 4.10. The summed E-state index contributed by atoms with van der Waals surface area (Å²) in [5.74, 6) is -0.580. The normalized spacial score (nSPS) is 17.5. The summed E-state index contributed by atoms with van der Waals surface area (Å²) in [6.45, 7) is 0. The van der Waals surface area contributed by atoms with Crippen LogP contribution in [0.3, 0.4) is 0 Å². The topological polar surface area (TPSA) is 62.2 Å². The van der Waals surface area contributed by atoms with Crippen molar-refractivity contribution in [1.29, 1.82) is 0 Å². The molecule has 1 aromatic rings. The van der Waals surface area contributed by atoms with Gasteiger partial charge in [-0.15, -0.1) is 0 Å². The van der Waals surface area contributed by atoms with E-state index in [1.54, 1.807) is 0 Å². The number of anilines is 1. The standard InChI is InChI=1S/C14H19ClN2O2/c15-12-9-8-11(14(18)19)13(17-12)16-10-6-4-2-1-3-5-7-10/h8-10H,1-7H2,(H,16,17)(H,18,19). The summed E-state index contributed by atoms with van der Waals surface area (Å²) in [7, 11) is 0. The second-order valence-corrected chi connectivity index (χ2v) is 5.41. The minimum atomic E-state index is -0.975. The molecule has 0 radical (unpaired) electrons. The van der Waals surface area contributed by atoms with Crippen molar-refractivity contribution in [3.63, 3.8) is 0 Å². The van der Waals surface area contributed by atoms with E-state index in [9.17, 15) is 4.79 Å². The van der Waals surface area contributed by atoms with Crippen LogP contribution < -0.4 is 5.32 Å². The first-order chi connectivity index (χ1) is 9.16. The molecule has 1 aromatic heterocycles. The van der Waals surface area contributed by atoms with Crippen molar-refractivity contribution in [2.24, 2.45) is 0 Å². The Morgan fingerprint density at radius 3 is 2.47 bits per heavy atom. The zero-order valence-corrected chi connectivity index (χ0v) is 11.6. The van der Waals surface area contributed by atoms with Crippen molar-refractivity contribution < 1.29 is 9.90 Å². The number of aromatic carboxylic acids is 1. The van der Waals surface area contributed by atoms with Crippen LogP contribution in [0.1, 0.15) is 55.3 Å². The van der Waals surface area contributed by atoms with E-state index >= 15 is 0 Å². The largest absolute Gasteiger partial charge is 0.478 e. The van der Waals surface area contributed by atoms with Gasteiger partial charge in [-0.2, -0.15) is 0 Å². The lowest BCUT2D eigenvalue weighted by molar-refractivity contribution is 0.0697. The molecule has 0 atom stereocenters. The van der Waals surface area contributed by atoms with E-state index in [-0.39, 0.29) is 5.56 Å². The maximum absolute atomic E-state index is 11.2. The monoisotopic (exact) mass is 282 g/mol. The summed E-state index contributed by atoms with van der Waals surface area (Å²) in [4.78, 5) is 15.3. The van der Waals surface area contributed by atoms with Crippen molar-refractivity contribution >= 4 is 23.4 Å². The molecule has 0 aromatic carbocycles. The molecule has 1 saturated carbocycles. The summed E-state index contributed by atoms with van der Waals surface area (Å²) in [6.07, 6.45) is 8.31. The van der Waals surface area contributed by atoms with Gasteiger partial charge in [0.15, 0.2) is 0 Å². The highest BCUT2D eigenvalue weighted by Gasteiger charge is 2.17. The molecule has 1 heterocycles. The molecule has 19 heavy (non-hydrogen) atoms. The van der Waals surface area contributed by atoms with Crippen molar-refractivity contribution in [3.8, 4) is 0 Å². The van der Waals surface area contributed by atoms with Gasteiger partial charge in [0.2, 0.25) is 0 Å². The minimum Gasteiger partial charge on any atom is -0.478 e. The highest BCUT2D eigenvalue weighted by atomic mass is 35.5. The maximum atomic E-state index is 11.2. The summed E-state index contributed by atoms with van der Waals surface area (Å²) in [5.41, 5.74) is 0.187. The molecule has 5 heteroatoms. The van der Waals surface area contributed by atoms with Crippen molar-refractivity contribution in [1.82, 2.24) is 4.98 Å². The van der Waals surface area contributed by atoms with Crippen LogP contribution in [0.2, 0.25) is 5.15 Å².